The number of non-ortho nitro benzene ring substituents is 1. The Morgan fingerprint density at radius 2 is 1.96 bits per heavy atom. The molecule has 0 saturated carbocycles. The van der Waals surface area contributed by atoms with E-state index in [2.05, 4.69) is 10.3 Å². The fourth-order valence-electron chi connectivity index (χ4n) is 2.37. The molecule has 24 heavy (non-hydrogen) atoms. The van der Waals surface area contributed by atoms with Gasteiger partial charge in [-0.1, -0.05) is 6.07 Å². The highest BCUT2D eigenvalue weighted by atomic mass is 16.6. The maximum atomic E-state index is 11.1. The quantitative estimate of drug-likeness (QED) is 0.550. The van der Waals surface area contributed by atoms with Gasteiger partial charge in [-0.05, 0) is 18.2 Å². The summed E-state index contributed by atoms with van der Waals surface area (Å²) in [5.41, 5.74) is 1.29. The largest absolute Gasteiger partial charge is 0.379 e. The Morgan fingerprint density at radius 1 is 1.12 bits per heavy atom. The lowest BCUT2D eigenvalue weighted by Crippen LogP contribution is -2.07. The highest BCUT2D eigenvalue weighted by Gasteiger charge is 2.19. The van der Waals surface area contributed by atoms with E-state index in [0.29, 0.717) is 13.0 Å². The molecule has 3 rings (SSSR count). The van der Waals surface area contributed by atoms with Crippen molar-refractivity contribution in [3.05, 3.63) is 74.7 Å². The minimum absolute atomic E-state index is 0.245. The van der Waals surface area contributed by atoms with Crippen molar-refractivity contribution in [3.8, 4) is 0 Å². The molecule has 0 atom stereocenters. The highest BCUT2D eigenvalue weighted by Crippen LogP contribution is 2.28. The summed E-state index contributed by atoms with van der Waals surface area (Å²) >= 11 is 0. The van der Waals surface area contributed by atoms with Crippen LogP contribution in [-0.2, 0) is 6.42 Å². The summed E-state index contributed by atoms with van der Waals surface area (Å²) in [5.74, 6) is 0. The van der Waals surface area contributed by atoms with Gasteiger partial charge in [-0.15, -0.1) is 0 Å². The van der Waals surface area contributed by atoms with Crippen molar-refractivity contribution in [2.24, 2.45) is 0 Å². The predicted molar refractivity (Wildman–Crippen MR) is 87.1 cm³/mol. The standard InChI is InChI=1S/C15H13N5O4/c21-19(22)12-4-5-13(14(9-12)20(23)24)16-7-6-11-10-18-8-2-1-3-15(18)17-11/h1-5,8-10,16H,6-7H2. The smallest absolute Gasteiger partial charge is 0.299 e. The second-order valence-corrected chi connectivity index (χ2v) is 5.09. The van der Waals surface area contributed by atoms with Crippen molar-refractivity contribution >= 4 is 22.7 Å². The van der Waals surface area contributed by atoms with Crippen LogP contribution in [0, 0.1) is 20.2 Å². The molecule has 1 aromatic carbocycles. The van der Waals surface area contributed by atoms with E-state index in [1.54, 1.807) is 0 Å². The molecule has 0 aliphatic rings. The van der Waals surface area contributed by atoms with Crippen LogP contribution in [0.3, 0.4) is 0 Å². The van der Waals surface area contributed by atoms with Crippen LogP contribution in [0.5, 0.6) is 0 Å². The van der Waals surface area contributed by atoms with Crippen LogP contribution in [0.2, 0.25) is 0 Å². The van der Waals surface area contributed by atoms with E-state index >= 15 is 0 Å². The minimum Gasteiger partial charge on any atom is -0.379 e. The van der Waals surface area contributed by atoms with Crippen molar-refractivity contribution in [3.63, 3.8) is 0 Å². The van der Waals surface area contributed by atoms with Gasteiger partial charge >= 0.3 is 0 Å². The van der Waals surface area contributed by atoms with Crippen molar-refractivity contribution in [1.29, 1.82) is 0 Å². The molecular formula is C15H13N5O4. The first kappa shape index (κ1) is 15.4. The summed E-state index contributed by atoms with van der Waals surface area (Å²) in [6.07, 6.45) is 4.34. The number of nitrogens with zero attached hydrogens (tertiary/aromatic N) is 4. The lowest BCUT2D eigenvalue weighted by molar-refractivity contribution is -0.393. The first-order valence-corrected chi connectivity index (χ1v) is 7.14. The fraction of sp³-hybridized carbons (Fsp3) is 0.133. The molecule has 0 aliphatic carbocycles. The molecule has 0 bridgehead atoms. The summed E-state index contributed by atoms with van der Waals surface area (Å²) in [5, 5.41) is 24.7. The Hall–Kier alpha value is -3.49. The first-order chi connectivity index (χ1) is 11.5. The number of imidazole rings is 1. The van der Waals surface area contributed by atoms with E-state index in [4.69, 9.17) is 0 Å². The number of rotatable bonds is 6. The van der Waals surface area contributed by atoms with Crippen LogP contribution in [0.4, 0.5) is 17.1 Å². The summed E-state index contributed by atoms with van der Waals surface area (Å²) in [6, 6.07) is 9.22. The van der Waals surface area contributed by atoms with Gasteiger partial charge in [-0.25, -0.2) is 4.98 Å². The number of nitro benzene ring substituents is 2. The van der Waals surface area contributed by atoms with Crippen molar-refractivity contribution in [1.82, 2.24) is 9.38 Å². The number of fused-ring (bicyclic) bond motifs is 1. The molecule has 0 amide bonds. The van der Waals surface area contributed by atoms with Gasteiger partial charge in [0.05, 0.1) is 21.6 Å². The maximum Gasteiger partial charge on any atom is 0.299 e. The molecule has 1 N–H and O–H groups in total. The Bertz CT molecular complexity index is 888. The lowest BCUT2D eigenvalue weighted by atomic mass is 10.2. The van der Waals surface area contributed by atoms with Crippen LogP contribution in [0.25, 0.3) is 5.65 Å². The Labute approximate surface area is 135 Å². The molecule has 122 valence electrons. The number of hydrogen-bond acceptors (Lipinski definition) is 6. The van der Waals surface area contributed by atoms with Gasteiger partial charge in [0.25, 0.3) is 11.4 Å². The fourth-order valence-corrected chi connectivity index (χ4v) is 2.37. The third-order valence-corrected chi connectivity index (χ3v) is 3.50. The van der Waals surface area contributed by atoms with Crippen LogP contribution in [0.15, 0.2) is 48.8 Å². The van der Waals surface area contributed by atoms with E-state index < -0.39 is 9.85 Å². The molecule has 0 spiro atoms. The van der Waals surface area contributed by atoms with Crippen LogP contribution in [0.1, 0.15) is 5.69 Å². The van der Waals surface area contributed by atoms with Crippen LogP contribution >= 0.6 is 0 Å². The second-order valence-electron chi connectivity index (χ2n) is 5.09. The topological polar surface area (TPSA) is 116 Å². The summed E-state index contributed by atoms with van der Waals surface area (Å²) in [7, 11) is 0. The average Bonchev–Trinajstić information content (AvgIpc) is 2.97. The van der Waals surface area contributed by atoms with E-state index in [1.807, 2.05) is 35.0 Å². The molecule has 0 saturated heterocycles. The van der Waals surface area contributed by atoms with Gasteiger partial charge < -0.3 is 9.72 Å². The van der Waals surface area contributed by atoms with E-state index in [-0.39, 0.29) is 17.1 Å². The summed E-state index contributed by atoms with van der Waals surface area (Å²) in [6.45, 7) is 0.419. The molecule has 9 nitrogen and oxygen atoms in total. The molecule has 0 aliphatic heterocycles. The number of benzene rings is 1. The maximum absolute atomic E-state index is 11.1. The minimum atomic E-state index is -0.659. The second kappa shape index (κ2) is 6.32. The van der Waals surface area contributed by atoms with E-state index in [0.717, 1.165) is 17.4 Å². The first-order valence-electron chi connectivity index (χ1n) is 7.14. The molecule has 0 radical (unpaired) electrons. The zero-order valence-electron chi connectivity index (χ0n) is 12.5. The molecule has 3 aromatic rings. The number of aromatic nitrogens is 2. The number of nitrogens with one attached hydrogen (secondary N) is 1. The Kier molecular flexibility index (Phi) is 4.06. The van der Waals surface area contributed by atoms with E-state index in [9.17, 15) is 20.2 Å². The van der Waals surface area contributed by atoms with Gasteiger partial charge in [0.15, 0.2) is 0 Å². The van der Waals surface area contributed by atoms with Crippen LogP contribution < -0.4 is 5.32 Å². The zero-order valence-corrected chi connectivity index (χ0v) is 12.5. The zero-order chi connectivity index (χ0) is 17.1. The van der Waals surface area contributed by atoms with Crippen molar-refractivity contribution in [2.75, 3.05) is 11.9 Å². The summed E-state index contributed by atoms with van der Waals surface area (Å²) in [4.78, 5) is 24.9. The Morgan fingerprint density at radius 3 is 2.67 bits per heavy atom. The Balaban J connectivity index is 1.72. The number of nitro groups is 2. The predicted octanol–water partition coefficient (Wildman–Crippen LogP) is 2.81. The monoisotopic (exact) mass is 327 g/mol. The molecule has 2 heterocycles. The molecule has 2 aromatic heterocycles. The lowest BCUT2D eigenvalue weighted by Gasteiger charge is -2.05. The van der Waals surface area contributed by atoms with Crippen LogP contribution in [-0.4, -0.2) is 25.8 Å². The third-order valence-electron chi connectivity index (χ3n) is 3.50. The molecular weight excluding hydrogens is 314 g/mol. The average molecular weight is 327 g/mol. The normalized spacial score (nSPS) is 10.7. The van der Waals surface area contributed by atoms with Crippen molar-refractivity contribution in [2.45, 2.75) is 6.42 Å². The summed E-state index contributed by atoms with van der Waals surface area (Å²) < 4.78 is 1.89. The number of hydrogen-bond donors (Lipinski definition) is 1. The SMILES string of the molecule is O=[N+]([O-])c1ccc(NCCc2cn3ccccc3n2)c([N+](=O)[O-])c1. The van der Waals surface area contributed by atoms with Gasteiger partial charge in [-0.2, -0.15) is 0 Å². The third kappa shape index (κ3) is 3.14. The highest BCUT2D eigenvalue weighted by molar-refractivity contribution is 5.65. The van der Waals surface area contributed by atoms with Gasteiger partial charge in [0.1, 0.15) is 11.3 Å². The number of pyridine rings is 1. The van der Waals surface area contributed by atoms with Crippen molar-refractivity contribution < 1.29 is 9.85 Å². The molecule has 9 heteroatoms. The van der Waals surface area contributed by atoms with Gasteiger partial charge in [0, 0.05) is 31.4 Å². The van der Waals surface area contributed by atoms with Gasteiger partial charge in [0.2, 0.25) is 0 Å². The van der Waals surface area contributed by atoms with E-state index in [1.165, 1.54) is 12.1 Å². The number of anilines is 1. The molecule has 0 unspecified atom stereocenters. The van der Waals surface area contributed by atoms with Gasteiger partial charge in [-0.3, -0.25) is 20.2 Å². The molecule has 0 fully saturated rings.